The molecule has 1 unspecified atom stereocenters. The minimum Gasteiger partial charge on any atom is -0.293 e. The van der Waals surface area contributed by atoms with Gasteiger partial charge in [0.05, 0.1) is 10.8 Å². The Morgan fingerprint density at radius 1 is 1.32 bits per heavy atom. The van der Waals surface area contributed by atoms with Gasteiger partial charge in [0.1, 0.15) is 0 Å². The van der Waals surface area contributed by atoms with Crippen molar-refractivity contribution >= 4 is 33.5 Å². The van der Waals surface area contributed by atoms with E-state index >= 15 is 0 Å². The van der Waals surface area contributed by atoms with Crippen molar-refractivity contribution in [1.29, 1.82) is 0 Å². The lowest BCUT2D eigenvalue weighted by molar-refractivity contribution is -0.138. The molecule has 0 bridgehead atoms. The molecule has 0 radical (unpaired) electrons. The van der Waals surface area contributed by atoms with Gasteiger partial charge in [0.15, 0.2) is 5.78 Å². The summed E-state index contributed by atoms with van der Waals surface area (Å²) in [5, 5.41) is -0.198. The number of carbonyl (C=O) groups is 1. The summed E-state index contributed by atoms with van der Waals surface area (Å²) in [6, 6.07) is 3.70. The molecule has 2 rings (SSSR count). The third-order valence-corrected chi connectivity index (χ3v) is 5.10. The topological polar surface area (TPSA) is 17.1 Å². The smallest absolute Gasteiger partial charge is 0.293 e. The zero-order valence-electron chi connectivity index (χ0n) is 9.97. The van der Waals surface area contributed by atoms with E-state index in [4.69, 9.17) is 0 Å². The SMILES string of the molecule is O=C(c1ccc(Br)c(C(F)(F)F)c1)C1CCCCS1. The molecule has 0 saturated carbocycles. The quantitative estimate of drug-likeness (QED) is 0.701. The van der Waals surface area contributed by atoms with Gasteiger partial charge in [-0.2, -0.15) is 24.9 Å². The number of carbonyl (C=O) groups excluding carboxylic acids is 1. The van der Waals surface area contributed by atoms with Gasteiger partial charge in [-0.1, -0.05) is 28.4 Å². The number of benzene rings is 1. The standard InChI is InChI=1S/C13H12BrF3OS/c14-10-5-4-8(7-9(10)13(15,16)17)12(18)11-3-1-2-6-19-11/h4-5,7,11H,1-3,6H2. The molecular formula is C13H12BrF3OS. The molecule has 1 fully saturated rings. The van der Waals surface area contributed by atoms with Crippen molar-refractivity contribution in [3.05, 3.63) is 33.8 Å². The molecule has 1 heterocycles. The molecule has 6 heteroatoms. The maximum atomic E-state index is 12.8. The molecule has 1 nitrogen and oxygen atoms in total. The molecule has 104 valence electrons. The molecule has 1 aliphatic heterocycles. The van der Waals surface area contributed by atoms with Gasteiger partial charge >= 0.3 is 6.18 Å². The fourth-order valence-electron chi connectivity index (χ4n) is 2.03. The summed E-state index contributed by atoms with van der Waals surface area (Å²) < 4.78 is 38.3. The van der Waals surface area contributed by atoms with E-state index < -0.39 is 11.7 Å². The molecule has 1 aromatic carbocycles. The minimum atomic E-state index is -4.45. The first-order chi connectivity index (χ1) is 8.89. The molecule has 0 aliphatic carbocycles. The summed E-state index contributed by atoms with van der Waals surface area (Å²) in [4.78, 5) is 12.2. The second-order valence-electron chi connectivity index (χ2n) is 4.41. The Labute approximate surface area is 122 Å². The van der Waals surface area contributed by atoms with E-state index in [-0.39, 0.29) is 21.1 Å². The van der Waals surface area contributed by atoms with E-state index in [0.29, 0.717) is 0 Å². The summed E-state index contributed by atoms with van der Waals surface area (Å²) in [5.74, 6) is 0.710. The van der Waals surface area contributed by atoms with E-state index in [0.717, 1.165) is 31.1 Å². The highest BCUT2D eigenvalue weighted by atomic mass is 79.9. The van der Waals surface area contributed by atoms with E-state index in [1.165, 1.54) is 12.1 Å². The maximum Gasteiger partial charge on any atom is 0.417 e. The van der Waals surface area contributed by atoms with Gasteiger partial charge in [-0.15, -0.1) is 0 Å². The molecule has 1 aromatic rings. The summed E-state index contributed by atoms with van der Waals surface area (Å²) >= 11 is 4.42. The van der Waals surface area contributed by atoms with Crippen molar-refractivity contribution in [2.24, 2.45) is 0 Å². The fraction of sp³-hybridized carbons (Fsp3) is 0.462. The molecule has 19 heavy (non-hydrogen) atoms. The van der Waals surface area contributed by atoms with Crippen LogP contribution in [0, 0.1) is 0 Å². The number of rotatable bonds is 2. The molecular weight excluding hydrogens is 341 g/mol. The fourth-order valence-corrected chi connectivity index (χ4v) is 3.78. The van der Waals surface area contributed by atoms with Crippen LogP contribution in [0.25, 0.3) is 0 Å². The van der Waals surface area contributed by atoms with Gasteiger partial charge in [0.25, 0.3) is 0 Å². The van der Waals surface area contributed by atoms with Gasteiger partial charge in [0, 0.05) is 10.0 Å². The van der Waals surface area contributed by atoms with E-state index in [1.807, 2.05) is 0 Å². The second-order valence-corrected chi connectivity index (χ2v) is 6.58. The lowest BCUT2D eigenvalue weighted by atomic mass is 10.0. The lowest BCUT2D eigenvalue weighted by Crippen LogP contribution is -2.21. The van der Waals surface area contributed by atoms with Gasteiger partial charge in [-0.25, -0.2) is 0 Å². The van der Waals surface area contributed by atoms with Crippen molar-refractivity contribution in [3.63, 3.8) is 0 Å². The Kier molecular flexibility index (Phi) is 4.61. The van der Waals surface area contributed by atoms with Crippen LogP contribution < -0.4 is 0 Å². The monoisotopic (exact) mass is 352 g/mol. The summed E-state index contributed by atoms with van der Waals surface area (Å²) in [6.45, 7) is 0. The Bertz CT molecular complexity index is 481. The van der Waals surface area contributed by atoms with E-state index in [2.05, 4.69) is 15.9 Å². The number of halogens is 4. The Hall–Kier alpha value is -0.490. The third-order valence-electron chi connectivity index (χ3n) is 3.03. The highest BCUT2D eigenvalue weighted by Gasteiger charge is 2.34. The van der Waals surface area contributed by atoms with Gasteiger partial charge in [-0.05, 0) is 30.7 Å². The number of ketones is 1. The predicted molar refractivity (Wildman–Crippen MR) is 73.6 cm³/mol. The average molecular weight is 353 g/mol. The van der Waals surface area contributed by atoms with Crippen LogP contribution in [0.5, 0.6) is 0 Å². The van der Waals surface area contributed by atoms with Gasteiger partial charge in [-0.3, -0.25) is 4.79 Å². The molecule has 1 atom stereocenters. The zero-order chi connectivity index (χ0) is 14.0. The highest BCUT2D eigenvalue weighted by Crippen LogP contribution is 2.36. The van der Waals surface area contributed by atoms with Crippen LogP contribution in [0.2, 0.25) is 0 Å². The first-order valence-corrected chi connectivity index (χ1v) is 7.76. The van der Waals surface area contributed by atoms with Crippen LogP contribution >= 0.6 is 27.7 Å². The second kappa shape index (κ2) is 5.87. The first kappa shape index (κ1) is 14.9. The zero-order valence-corrected chi connectivity index (χ0v) is 12.4. The van der Waals surface area contributed by atoms with Crippen LogP contribution in [0.4, 0.5) is 13.2 Å². The van der Waals surface area contributed by atoms with Crippen LogP contribution in [-0.4, -0.2) is 16.8 Å². The maximum absolute atomic E-state index is 12.8. The summed E-state index contributed by atoms with van der Waals surface area (Å²) in [7, 11) is 0. The number of thioether (sulfide) groups is 1. The number of hydrogen-bond donors (Lipinski definition) is 0. The Balaban J connectivity index is 2.27. The van der Waals surface area contributed by atoms with Crippen LogP contribution in [0.1, 0.15) is 35.2 Å². The highest BCUT2D eigenvalue weighted by molar-refractivity contribution is 9.10. The van der Waals surface area contributed by atoms with Crippen LogP contribution in [0.15, 0.2) is 22.7 Å². The van der Waals surface area contributed by atoms with Crippen LogP contribution in [-0.2, 0) is 6.18 Å². The molecule has 0 amide bonds. The molecule has 1 saturated heterocycles. The average Bonchev–Trinajstić information content (AvgIpc) is 2.38. The minimum absolute atomic E-state index is 0.0344. The largest absolute Gasteiger partial charge is 0.417 e. The number of Topliss-reactive ketones (excluding diaryl/α,β-unsaturated/α-hetero) is 1. The normalized spacial score (nSPS) is 20.3. The lowest BCUT2D eigenvalue weighted by Gasteiger charge is -2.20. The Morgan fingerprint density at radius 2 is 2.05 bits per heavy atom. The molecule has 0 spiro atoms. The van der Waals surface area contributed by atoms with Crippen molar-refractivity contribution in [2.45, 2.75) is 30.7 Å². The molecule has 0 aromatic heterocycles. The van der Waals surface area contributed by atoms with Crippen molar-refractivity contribution < 1.29 is 18.0 Å². The van der Waals surface area contributed by atoms with Crippen molar-refractivity contribution in [3.8, 4) is 0 Å². The van der Waals surface area contributed by atoms with Crippen LogP contribution in [0.3, 0.4) is 0 Å². The van der Waals surface area contributed by atoms with Crippen molar-refractivity contribution in [2.75, 3.05) is 5.75 Å². The predicted octanol–water partition coefficient (Wildman–Crippen LogP) is 4.94. The summed E-state index contributed by atoms with van der Waals surface area (Å²) in [6.07, 6.45) is -1.66. The number of alkyl halides is 3. The number of hydrogen-bond acceptors (Lipinski definition) is 2. The van der Waals surface area contributed by atoms with Gasteiger partial charge in [0.2, 0.25) is 0 Å². The molecule has 1 aliphatic rings. The molecule has 0 N–H and O–H groups in total. The van der Waals surface area contributed by atoms with E-state index in [1.54, 1.807) is 11.8 Å². The summed E-state index contributed by atoms with van der Waals surface area (Å²) in [5.41, 5.74) is -0.644. The van der Waals surface area contributed by atoms with Crippen molar-refractivity contribution in [1.82, 2.24) is 0 Å². The Morgan fingerprint density at radius 3 is 2.63 bits per heavy atom. The van der Waals surface area contributed by atoms with Gasteiger partial charge < -0.3 is 0 Å². The van der Waals surface area contributed by atoms with E-state index in [9.17, 15) is 18.0 Å². The third kappa shape index (κ3) is 3.54. The first-order valence-electron chi connectivity index (χ1n) is 5.92.